The molecule has 1 rings (SSSR count). The summed E-state index contributed by atoms with van der Waals surface area (Å²) in [6.45, 7) is 0. The number of pyridine rings is 1. The Labute approximate surface area is 70.8 Å². The molecule has 0 unspecified atom stereocenters. The summed E-state index contributed by atoms with van der Waals surface area (Å²) in [7, 11) is 0. The third-order valence-corrected chi connectivity index (χ3v) is 1.44. The zero-order chi connectivity index (χ0) is 10.0. The van der Waals surface area contributed by atoms with Crippen LogP contribution in [0, 0.1) is 0 Å². The van der Waals surface area contributed by atoms with Crippen molar-refractivity contribution in [1.82, 2.24) is 4.98 Å². The lowest BCUT2D eigenvalue weighted by atomic mass is 10.2. The van der Waals surface area contributed by atoms with E-state index in [4.69, 9.17) is 5.11 Å². The maximum absolute atomic E-state index is 12.1. The van der Waals surface area contributed by atoms with Gasteiger partial charge in [-0.25, -0.2) is 8.78 Å². The van der Waals surface area contributed by atoms with Crippen LogP contribution in [-0.4, -0.2) is 16.4 Å². The van der Waals surface area contributed by atoms with Crippen molar-refractivity contribution in [1.29, 1.82) is 0 Å². The van der Waals surface area contributed by atoms with Gasteiger partial charge in [-0.1, -0.05) is 0 Å². The molecule has 0 spiro atoms. The molecule has 6 heteroatoms. The highest BCUT2D eigenvalue weighted by atomic mass is 19.3. The number of aromatic hydroxyl groups is 1. The van der Waals surface area contributed by atoms with E-state index in [0.29, 0.717) is 6.07 Å². The van der Waals surface area contributed by atoms with Crippen LogP contribution in [0.15, 0.2) is 10.9 Å². The van der Waals surface area contributed by atoms with Crippen molar-refractivity contribution in [3.05, 3.63) is 27.5 Å². The lowest BCUT2D eigenvalue weighted by Gasteiger charge is -2.00. The number of halogens is 2. The van der Waals surface area contributed by atoms with Crippen LogP contribution in [0.5, 0.6) is 5.88 Å². The highest BCUT2D eigenvalue weighted by molar-refractivity contribution is 5.78. The van der Waals surface area contributed by atoms with Crippen molar-refractivity contribution in [2.24, 2.45) is 0 Å². The predicted molar refractivity (Wildman–Crippen MR) is 39.1 cm³/mol. The molecule has 0 radical (unpaired) electrons. The summed E-state index contributed by atoms with van der Waals surface area (Å²) in [5.41, 5.74) is -2.30. The third-order valence-electron chi connectivity index (χ3n) is 1.44. The number of aldehydes is 1. The van der Waals surface area contributed by atoms with E-state index in [2.05, 4.69) is 0 Å². The highest BCUT2D eigenvalue weighted by Crippen LogP contribution is 2.18. The SMILES string of the molecule is O=Cc1cc(C(F)F)c(=O)[nH]c1O. The molecular weight excluding hydrogens is 184 g/mol. The van der Waals surface area contributed by atoms with Crippen LogP contribution in [0.1, 0.15) is 22.3 Å². The predicted octanol–water partition coefficient (Wildman–Crippen LogP) is 0.831. The molecule has 4 nitrogen and oxygen atoms in total. The van der Waals surface area contributed by atoms with Crippen molar-refractivity contribution in [2.75, 3.05) is 0 Å². The molecule has 0 aliphatic rings. The van der Waals surface area contributed by atoms with E-state index in [0.717, 1.165) is 0 Å². The Balaban J connectivity index is 3.39. The molecule has 13 heavy (non-hydrogen) atoms. The molecule has 70 valence electrons. The van der Waals surface area contributed by atoms with Crippen molar-refractivity contribution < 1.29 is 18.7 Å². The number of aromatic amines is 1. The first kappa shape index (κ1) is 9.37. The third kappa shape index (κ3) is 1.71. The molecule has 0 fully saturated rings. The van der Waals surface area contributed by atoms with Gasteiger partial charge in [0.05, 0.1) is 11.1 Å². The fourth-order valence-electron chi connectivity index (χ4n) is 0.805. The molecule has 0 bridgehead atoms. The Morgan fingerprint density at radius 3 is 2.62 bits per heavy atom. The molecule has 0 amide bonds. The summed E-state index contributed by atoms with van der Waals surface area (Å²) in [6.07, 6.45) is -2.79. The van der Waals surface area contributed by atoms with Crippen LogP contribution < -0.4 is 5.56 Å². The number of carbonyl (C=O) groups is 1. The molecule has 0 saturated heterocycles. The second-order valence-corrected chi connectivity index (χ2v) is 2.28. The molecule has 0 aliphatic carbocycles. The minimum Gasteiger partial charge on any atom is -0.494 e. The monoisotopic (exact) mass is 189 g/mol. The second-order valence-electron chi connectivity index (χ2n) is 2.28. The summed E-state index contributed by atoms with van der Waals surface area (Å²) in [5, 5.41) is 8.87. The molecule has 2 N–H and O–H groups in total. The highest BCUT2D eigenvalue weighted by Gasteiger charge is 2.14. The first-order valence-corrected chi connectivity index (χ1v) is 3.25. The normalized spacial score (nSPS) is 10.4. The summed E-state index contributed by atoms with van der Waals surface area (Å²) in [4.78, 5) is 22.7. The molecule has 0 aromatic carbocycles. The van der Waals surface area contributed by atoms with E-state index in [1.54, 1.807) is 4.98 Å². The lowest BCUT2D eigenvalue weighted by molar-refractivity contribution is 0.111. The Morgan fingerprint density at radius 1 is 1.54 bits per heavy atom. The topological polar surface area (TPSA) is 70.2 Å². The van der Waals surface area contributed by atoms with Crippen LogP contribution in [0.4, 0.5) is 8.78 Å². The van der Waals surface area contributed by atoms with Crippen LogP contribution in [0.3, 0.4) is 0 Å². The molecule has 0 atom stereocenters. The number of alkyl halides is 2. The zero-order valence-corrected chi connectivity index (χ0v) is 6.25. The fraction of sp³-hybridized carbons (Fsp3) is 0.143. The number of H-pyrrole nitrogens is 1. The number of nitrogens with one attached hydrogen (secondary N) is 1. The number of rotatable bonds is 2. The van der Waals surface area contributed by atoms with Gasteiger partial charge in [-0.3, -0.25) is 14.6 Å². The quantitative estimate of drug-likeness (QED) is 0.677. The standard InChI is InChI=1S/C7H5F2NO3/c8-5(9)4-1-3(2-11)6(12)10-7(4)13/h1-2,5H,(H2,10,12,13). The van der Waals surface area contributed by atoms with Crippen LogP contribution in [0.2, 0.25) is 0 Å². The number of hydrogen-bond acceptors (Lipinski definition) is 3. The Morgan fingerprint density at radius 2 is 2.15 bits per heavy atom. The van der Waals surface area contributed by atoms with Gasteiger partial charge in [-0.05, 0) is 6.07 Å². The maximum Gasteiger partial charge on any atom is 0.269 e. The van der Waals surface area contributed by atoms with Gasteiger partial charge in [0.1, 0.15) is 0 Å². The minimum absolute atomic E-state index is 0.178. The van der Waals surface area contributed by atoms with Crippen molar-refractivity contribution in [3.63, 3.8) is 0 Å². The van der Waals surface area contributed by atoms with Gasteiger partial charge in [0, 0.05) is 0 Å². The number of carbonyl (C=O) groups excluding carboxylic acids is 1. The second kappa shape index (κ2) is 3.34. The smallest absolute Gasteiger partial charge is 0.269 e. The van der Waals surface area contributed by atoms with Gasteiger partial charge >= 0.3 is 0 Å². The van der Waals surface area contributed by atoms with Gasteiger partial charge < -0.3 is 5.11 Å². The van der Waals surface area contributed by atoms with Gasteiger partial charge in [0.15, 0.2) is 6.29 Å². The van der Waals surface area contributed by atoms with E-state index in [1.165, 1.54) is 0 Å². The lowest BCUT2D eigenvalue weighted by Crippen LogP contribution is -2.13. The Kier molecular flexibility index (Phi) is 2.41. The minimum atomic E-state index is -2.97. The average molecular weight is 189 g/mol. The molecule has 1 aromatic rings. The molecule has 0 aliphatic heterocycles. The van der Waals surface area contributed by atoms with E-state index >= 15 is 0 Å². The van der Waals surface area contributed by atoms with Crippen LogP contribution in [-0.2, 0) is 0 Å². The first-order valence-electron chi connectivity index (χ1n) is 3.25. The molecule has 1 heterocycles. The summed E-state index contributed by atoms with van der Waals surface area (Å²) in [5.74, 6) is -0.704. The van der Waals surface area contributed by atoms with E-state index in [9.17, 15) is 18.4 Å². The van der Waals surface area contributed by atoms with Crippen LogP contribution >= 0.6 is 0 Å². The van der Waals surface area contributed by atoms with E-state index in [-0.39, 0.29) is 11.8 Å². The maximum atomic E-state index is 12.1. The van der Waals surface area contributed by atoms with Crippen molar-refractivity contribution >= 4 is 6.29 Å². The van der Waals surface area contributed by atoms with Crippen LogP contribution in [0.25, 0.3) is 0 Å². The molecule has 1 aromatic heterocycles. The summed E-state index contributed by atoms with van der Waals surface area (Å²) < 4.78 is 24.1. The van der Waals surface area contributed by atoms with Gasteiger partial charge in [0.2, 0.25) is 5.88 Å². The molecule has 0 saturated carbocycles. The molecular formula is C7H5F2NO3. The first-order chi connectivity index (χ1) is 6.06. The van der Waals surface area contributed by atoms with Crippen molar-refractivity contribution in [2.45, 2.75) is 6.43 Å². The Hall–Kier alpha value is -1.72. The van der Waals surface area contributed by atoms with Gasteiger partial charge in [-0.15, -0.1) is 0 Å². The van der Waals surface area contributed by atoms with E-state index in [1.807, 2.05) is 0 Å². The summed E-state index contributed by atoms with van der Waals surface area (Å²) >= 11 is 0. The fourth-order valence-corrected chi connectivity index (χ4v) is 0.805. The zero-order valence-electron chi connectivity index (χ0n) is 6.25. The number of hydrogen-bond donors (Lipinski definition) is 2. The van der Waals surface area contributed by atoms with Gasteiger partial charge in [-0.2, -0.15) is 0 Å². The van der Waals surface area contributed by atoms with E-state index < -0.39 is 23.4 Å². The largest absolute Gasteiger partial charge is 0.494 e. The number of aromatic nitrogens is 1. The summed E-state index contributed by atoms with van der Waals surface area (Å²) in [6, 6.07) is 0.659. The van der Waals surface area contributed by atoms with Gasteiger partial charge in [0.25, 0.3) is 12.0 Å². The Bertz CT molecular complexity index is 386. The average Bonchev–Trinajstić information content (AvgIpc) is 2.03. The van der Waals surface area contributed by atoms with Crippen molar-refractivity contribution in [3.8, 4) is 5.88 Å².